The summed E-state index contributed by atoms with van der Waals surface area (Å²) in [6, 6.07) is 7.23. The number of aliphatic hydroxyl groups is 1. The van der Waals surface area contributed by atoms with E-state index in [0.29, 0.717) is 25.3 Å². The molecule has 5 nitrogen and oxygen atoms in total. The van der Waals surface area contributed by atoms with Crippen molar-refractivity contribution in [2.24, 2.45) is 0 Å². The summed E-state index contributed by atoms with van der Waals surface area (Å²) in [5, 5.41) is 11.5. The topological polar surface area (TPSA) is 61.8 Å². The first-order valence-electron chi connectivity index (χ1n) is 5.89. The van der Waals surface area contributed by atoms with Crippen LogP contribution in [-0.2, 0) is 4.79 Å². The molecule has 100 valence electrons. The zero-order valence-corrected chi connectivity index (χ0v) is 10.8. The van der Waals surface area contributed by atoms with Crippen LogP contribution in [0.25, 0.3) is 0 Å². The van der Waals surface area contributed by atoms with Crippen LogP contribution in [0, 0.1) is 0 Å². The third-order valence-electron chi connectivity index (χ3n) is 2.46. The predicted octanol–water partition coefficient (Wildman–Crippen LogP) is 0.948. The van der Waals surface area contributed by atoms with Gasteiger partial charge in [0.05, 0.1) is 13.7 Å². The highest BCUT2D eigenvalue weighted by Crippen LogP contribution is 2.16. The van der Waals surface area contributed by atoms with E-state index in [1.165, 1.54) is 0 Å². The molecule has 0 unspecified atom stereocenters. The van der Waals surface area contributed by atoms with Crippen LogP contribution in [0.15, 0.2) is 24.3 Å². The summed E-state index contributed by atoms with van der Waals surface area (Å²) in [7, 11) is 3.43. The van der Waals surface area contributed by atoms with E-state index in [-0.39, 0.29) is 12.5 Å². The van der Waals surface area contributed by atoms with E-state index >= 15 is 0 Å². The first-order valence-corrected chi connectivity index (χ1v) is 5.89. The molecule has 0 aliphatic rings. The number of methoxy groups -OCH3 is 1. The van der Waals surface area contributed by atoms with Gasteiger partial charge >= 0.3 is 0 Å². The van der Waals surface area contributed by atoms with Gasteiger partial charge in [-0.3, -0.25) is 9.69 Å². The van der Waals surface area contributed by atoms with Crippen molar-refractivity contribution in [2.75, 3.05) is 39.2 Å². The molecular weight excluding hydrogens is 232 g/mol. The van der Waals surface area contributed by atoms with Crippen molar-refractivity contribution in [3.63, 3.8) is 0 Å². The van der Waals surface area contributed by atoms with Crippen molar-refractivity contribution in [3.05, 3.63) is 24.3 Å². The molecule has 0 aliphatic carbocycles. The minimum atomic E-state index is -0.0799. The average molecular weight is 252 g/mol. The first kappa shape index (κ1) is 14.5. The van der Waals surface area contributed by atoms with Gasteiger partial charge in [0.25, 0.3) is 0 Å². The highest BCUT2D eigenvalue weighted by Gasteiger charge is 2.06. The average Bonchev–Trinajstić information content (AvgIpc) is 2.36. The molecule has 0 radical (unpaired) electrons. The standard InChI is InChI=1S/C13H20N2O3/c1-15(7-4-8-16)10-13(17)14-11-5-3-6-12(9-11)18-2/h3,5-6,9,16H,4,7-8,10H2,1-2H3,(H,14,17). The number of ether oxygens (including phenoxy) is 1. The van der Waals surface area contributed by atoms with Crippen LogP contribution in [0.4, 0.5) is 5.69 Å². The highest BCUT2D eigenvalue weighted by molar-refractivity contribution is 5.92. The third-order valence-corrected chi connectivity index (χ3v) is 2.46. The number of hydrogen-bond acceptors (Lipinski definition) is 4. The molecule has 0 atom stereocenters. The number of nitrogens with zero attached hydrogens (tertiary/aromatic N) is 1. The zero-order valence-electron chi connectivity index (χ0n) is 10.8. The number of carbonyl (C=O) groups is 1. The van der Waals surface area contributed by atoms with E-state index in [1.54, 1.807) is 13.2 Å². The smallest absolute Gasteiger partial charge is 0.238 e. The van der Waals surface area contributed by atoms with Crippen LogP contribution in [-0.4, -0.2) is 49.8 Å². The number of amides is 1. The number of carbonyl (C=O) groups excluding carboxylic acids is 1. The van der Waals surface area contributed by atoms with Gasteiger partial charge in [0.1, 0.15) is 5.75 Å². The number of benzene rings is 1. The summed E-state index contributed by atoms with van der Waals surface area (Å²) in [6.45, 7) is 1.14. The molecule has 0 heterocycles. The van der Waals surface area contributed by atoms with E-state index in [0.717, 1.165) is 5.69 Å². The fraction of sp³-hybridized carbons (Fsp3) is 0.462. The number of hydrogen-bond donors (Lipinski definition) is 2. The zero-order chi connectivity index (χ0) is 13.4. The molecule has 5 heteroatoms. The normalized spacial score (nSPS) is 10.4. The van der Waals surface area contributed by atoms with E-state index in [4.69, 9.17) is 9.84 Å². The predicted molar refractivity (Wildman–Crippen MR) is 70.8 cm³/mol. The van der Waals surface area contributed by atoms with Gasteiger partial charge in [-0.1, -0.05) is 6.07 Å². The molecule has 2 N–H and O–H groups in total. The van der Waals surface area contributed by atoms with Gasteiger partial charge in [0.15, 0.2) is 0 Å². The number of rotatable bonds is 7. The summed E-state index contributed by atoms with van der Waals surface area (Å²) in [5.41, 5.74) is 0.718. The van der Waals surface area contributed by atoms with E-state index in [9.17, 15) is 4.79 Å². The molecule has 0 saturated carbocycles. The van der Waals surface area contributed by atoms with Gasteiger partial charge in [-0.25, -0.2) is 0 Å². The maximum atomic E-state index is 11.7. The Morgan fingerprint density at radius 1 is 1.50 bits per heavy atom. The lowest BCUT2D eigenvalue weighted by atomic mass is 10.3. The van der Waals surface area contributed by atoms with Crippen LogP contribution in [0.3, 0.4) is 0 Å². The Kier molecular flexibility index (Phi) is 6.18. The Morgan fingerprint density at radius 2 is 2.28 bits per heavy atom. The molecule has 0 aromatic heterocycles. The Bertz CT molecular complexity index is 382. The monoisotopic (exact) mass is 252 g/mol. The Labute approximate surface area is 107 Å². The molecule has 0 fully saturated rings. The number of likely N-dealkylation sites (N-methyl/N-ethyl adjacent to an activating group) is 1. The minimum Gasteiger partial charge on any atom is -0.497 e. The molecule has 0 aliphatic heterocycles. The number of anilines is 1. The molecule has 1 rings (SSSR count). The van der Waals surface area contributed by atoms with Crippen LogP contribution in [0.5, 0.6) is 5.75 Å². The van der Waals surface area contributed by atoms with Crippen LogP contribution >= 0.6 is 0 Å². The molecule has 0 saturated heterocycles. The second kappa shape index (κ2) is 7.68. The Morgan fingerprint density at radius 3 is 2.94 bits per heavy atom. The summed E-state index contributed by atoms with van der Waals surface area (Å²) in [4.78, 5) is 13.6. The number of aliphatic hydroxyl groups excluding tert-OH is 1. The quantitative estimate of drug-likeness (QED) is 0.758. The molecule has 1 amide bonds. The SMILES string of the molecule is COc1cccc(NC(=O)CN(C)CCCO)c1. The molecule has 0 bridgehead atoms. The third kappa shape index (κ3) is 5.16. The van der Waals surface area contributed by atoms with Gasteiger partial charge in [-0.2, -0.15) is 0 Å². The molecular formula is C13H20N2O3. The van der Waals surface area contributed by atoms with Crippen molar-refractivity contribution < 1.29 is 14.6 Å². The minimum absolute atomic E-state index is 0.0799. The largest absolute Gasteiger partial charge is 0.497 e. The van der Waals surface area contributed by atoms with Gasteiger partial charge in [0, 0.05) is 24.9 Å². The molecule has 1 aromatic rings. The maximum absolute atomic E-state index is 11.7. The number of nitrogens with one attached hydrogen (secondary N) is 1. The summed E-state index contributed by atoms with van der Waals surface area (Å²) in [6.07, 6.45) is 0.670. The Balaban J connectivity index is 2.43. The van der Waals surface area contributed by atoms with E-state index in [2.05, 4.69) is 5.32 Å². The maximum Gasteiger partial charge on any atom is 0.238 e. The highest BCUT2D eigenvalue weighted by atomic mass is 16.5. The van der Waals surface area contributed by atoms with Crippen molar-refractivity contribution in [1.82, 2.24) is 4.90 Å². The van der Waals surface area contributed by atoms with Crippen molar-refractivity contribution >= 4 is 11.6 Å². The Hall–Kier alpha value is -1.59. The second-order valence-electron chi connectivity index (χ2n) is 4.10. The van der Waals surface area contributed by atoms with Gasteiger partial charge < -0.3 is 15.2 Å². The van der Waals surface area contributed by atoms with E-state index in [1.807, 2.05) is 30.1 Å². The fourth-order valence-corrected chi connectivity index (χ4v) is 1.57. The summed E-state index contributed by atoms with van der Waals surface area (Å²) in [5.74, 6) is 0.630. The van der Waals surface area contributed by atoms with Gasteiger partial charge in [-0.15, -0.1) is 0 Å². The second-order valence-corrected chi connectivity index (χ2v) is 4.10. The molecule has 18 heavy (non-hydrogen) atoms. The van der Waals surface area contributed by atoms with Crippen LogP contribution in [0.1, 0.15) is 6.42 Å². The van der Waals surface area contributed by atoms with E-state index < -0.39 is 0 Å². The fourth-order valence-electron chi connectivity index (χ4n) is 1.57. The van der Waals surface area contributed by atoms with Crippen LogP contribution < -0.4 is 10.1 Å². The van der Waals surface area contributed by atoms with Crippen LogP contribution in [0.2, 0.25) is 0 Å². The summed E-state index contributed by atoms with van der Waals surface area (Å²) < 4.78 is 5.08. The first-order chi connectivity index (χ1) is 8.65. The molecule has 1 aromatic carbocycles. The molecule has 0 spiro atoms. The van der Waals surface area contributed by atoms with Gasteiger partial charge in [-0.05, 0) is 25.6 Å². The van der Waals surface area contributed by atoms with Crippen molar-refractivity contribution in [3.8, 4) is 5.75 Å². The van der Waals surface area contributed by atoms with Gasteiger partial charge in [0.2, 0.25) is 5.91 Å². The summed E-state index contributed by atoms with van der Waals surface area (Å²) >= 11 is 0. The van der Waals surface area contributed by atoms with Crippen molar-refractivity contribution in [1.29, 1.82) is 0 Å². The lowest BCUT2D eigenvalue weighted by Crippen LogP contribution is -2.31. The van der Waals surface area contributed by atoms with Crippen molar-refractivity contribution in [2.45, 2.75) is 6.42 Å². The lowest BCUT2D eigenvalue weighted by Gasteiger charge is -2.15. The lowest BCUT2D eigenvalue weighted by molar-refractivity contribution is -0.117.